The number of ether oxygens (including phenoxy) is 1. The molecule has 2 heterocycles. The number of aromatic nitrogens is 1. The van der Waals surface area contributed by atoms with Gasteiger partial charge in [-0.05, 0) is 11.6 Å². The van der Waals surface area contributed by atoms with Crippen molar-refractivity contribution in [1.29, 1.82) is 0 Å². The Kier molecular flexibility index (Phi) is 3.39. The van der Waals surface area contributed by atoms with Gasteiger partial charge in [0.1, 0.15) is 0 Å². The molecule has 0 radical (unpaired) electrons. The number of nitrogens with two attached hydrogens (primary N) is 1. The van der Waals surface area contributed by atoms with Crippen molar-refractivity contribution in [3.63, 3.8) is 0 Å². The average Bonchev–Trinajstić information content (AvgIpc) is 2.18. The third kappa shape index (κ3) is 2.26. The maximum atomic E-state index is 5.74. The maximum Gasteiger partial charge on any atom is 0.0608 e. The summed E-state index contributed by atoms with van der Waals surface area (Å²) in [4.78, 5) is 4.10. The zero-order chi connectivity index (χ0) is 9.80. The molecular formula is C10H14N2OS. The van der Waals surface area contributed by atoms with Gasteiger partial charge in [-0.15, -0.1) is 11.8 Å². The van der Waals surface area contributed by atoms with Crippen LogP contribution in [0.5, 0.6) is 0 Å². The summed E-state index contributed by atoms with van der Waals surface area (Å²) in [6.07, 6.45) is 3.68. The van der Waals surface area contributed by atoms with Gasteiger partial charge in [-0.1, -0.05) is 6.07 Å². The molecule has 0 spiro atoms. The van der Waals surface area contributed by atoms with E-state index in [1.54, 1.807) is 6.20 Å². The minimum atomic E-state index is 0.359. The number of pyridine rings is 1. The highest BCUT2D eigenvalue weighted by atomic mass is 32.2. The standard InChI is InChI=1S/C10H14N2OS/c11-4-10(14-9-6-13-7-9)8-2-1-3-12-5-8/h1-3,5,9-10H,4,6-7,11H2. The maximum absolute atomic E-state index is 5.74. The van der Waals surface area contributed by atoms with Gasteiger partial charge in [0, 0.05) is 24.2 Å². The fourth-order valence-corrected chi connectivity index (χ4v) is 2.58. The lowest BCUT2D eigenvalue weighted by molar-refractivity contribution is 0.0453. The molecule has 1 aromatic heterocycles. The summed E-state index contributed by atoms with van der Waals surface area (Å²) < 4.78 is 5.14. The van der Waals surface area contributed by atoms with E-state index in [0.717, 1.165) is 13.2 Å². The van der Waals surface area contributed by atoms with E-state index >= 15 is 0 Å². The van der Waals surface area contributed by atoms with Crippen molar-refractivity contribution >= 4 is 11.8 Å². The van der Waals surface area contributed by atoms with Gasteiger partial charge in [-0.2, -0.15) is 0 Å². The van der Waals surface area contributed by atoms with Crippen molar-refractivity contribution in [2.75, 3.05) is 19.8 Å². The zero-order valence-corrected chi connectivity index (χ0v) is 8.74. The number of rotatable bonds is 4. The molecular weight excluding hydrogens is 196 g/mol. The van der Waals surface area contributed by atoms with E-state index in [1.807, 2.05) is 24.0 Å². The lowest BCUT2D eigenvalue weighted by atomic mass is 10.2. The molecule has 2 rings (SSSR count). The Hall–Kier alpha value is -0.580. The van der Waals surface area contributed by atoms with E-state index in [2.05, 4.69) is 11.1 Å². The smallest absolute Gasteiger partial charge is 0.0608 e. The first-order chi connectivity index (χ1) is 6.90. The first-order valence-electron chi connectivity index (χ1n) is 4.73. The molecule has 1 fully saturated rings. The molecule has 3 nitrogen and oxygen atoms in total. The van der Waals surface area contributed by atoms with E-state index in [0.29, 0.717) is 17.0 Å². The van der Waals surface area contributed by atoms with Crippen LogP contribution in [0.15, 0.2) is 24.5 Å². The Balaban J connectivity index is 1.98. The van der Waals surface area contributed by atoms with E-state index in [1.165, 1.54) is 5.56 Å². The van der Waals surface area contributed by atoms with Crippen LogP contribution in [0.25, 0.3) is 0 Å². The van der Waals surface area contributed by atoms with Gasteiger partial charge in [0.2, 0.25) is 0 Å². The van der Waals surface area contributed by atoms with E-state index < -0.39 is 0 Å². The molecule has 0 aliphatic carbocycles. The molecule has 0 amide bonds. The fraction of sp³-hybridized carbons (Fsp3) is 0.500. The Bertz CT molecular complexity index is 277. The molecule has 0 bridgehead atoms. The van der Waals surface area contributed by atoms with Crippen molar-refractivity contribution in [1.82, 2.24) is 4.98 Å². The summed E-state index contributed by atoms with van der Waals surface area (Å²) in [5.74, 6) is 0. The molecule has 1 aliphatic rings. The highest BCUT2D eigenvalue weighted by Crippen LogP contribution is 2.33. The molecule has 14 heavy (non-hydrogen) atoms. The van der Waals surface area contributed by atoms with Crippen LogP contribution in [0.4, 0.5) is 0 Å². The molecule has 1 aromatic rings. The van der Waals surface area contributed by atoms with Crippen molar-refractivity contribution in [2.45, 2.75) is 10.5 Å². The van der Waals surface area contributed by atoms with Crippen molar-refractivity contribution < 1.29 is 4.74 Å². The highest BCUT2D eigenvalue weighted by molar-refractivity contribution is 8.00. The zero-order valence-electron chi connectivity index (χ0n) is 7.93. The number of nitrogens with zero attached hydrogens (tertiary/aromatic N) is 1. The Labute approximate surface area is 88.0 Å². The largest absolute Gasteiger partial charge is 0.379 e. The predicted molar refractivity (Wildman–Crippen MR) is 58.2 cm³/mol. The molecule has 76 valence electrons. The quantitative estimate of drug-likeness (QED) is 0.811. The fourth-order valence-electron chi connectivity index (χ4n) is 1.36. The van der Waals surface area contributed by atoms with Gasteiger partial charge >= 0.3 is 0 Å². The van der Waals surface area contributed by atoms with Gasteiger partial charge in [0.05, 0.1) is 18.5 Å². The second kappa shape index (κ2) is 4.77. The monoisotopic (exact) mass is 210 g/mol. The number of thioether (sulfide) groups is 1. The molecule has 1 unspecified atom stereocenters. The van der Waals surface area contributed by atoms with E-state index in [4.69, 9.17) is 10.5 Å². The molecule has 1 atom stereocenters. The highest BCUT2D eigenvalue weighted by Gasteiger charge is 2.23. The summed E-state index contributed by atoms with van der Waals surface area (Å²) in [5, 5.41) is 0.973. The topological polar surface area (TPSA) is 48.1 Å². The number of hydrogen-bond acceptors (Lipinski definition) is 4. The van der Waals surface area contributed by atoms with Crippen LogP contribution < -0.4 is 5.73 Å². The summed E-state index contributed by atoms with van der Waals surface area (Å²) in [7, 11) is 0. The van der Waals surface area contributed by atoms with Crippen LogP contribution in [0.3, 0.4) is 0 Å². The van der Waals surface area contributed by atoms with E-state index in [-0.39, 0.29) is 0 Å². The lowest BCUT2D eigenvalue weighted by Crippen LogP contribution is -2.32. The average molecular weight is 210 g/mol. The Morgan fingerprint density at radius 3 is 3.00 bits per heavy atom. The van der Waals surface area contributed by atoms with E-state index in [9.17, 15) is 0 Å². The predicted octanol–water partition coefficient (Wildman–Crippen LogP) is 1.21. The second-order valence-electron chi connectivity index (χ2n) is 3.31. The van der Waals surface area contributed by atoms with Crippen LogP contribution >= 0.6 is 11.8 Å². The van der Waals surface area contributed by atoms with Crippen molar-refractivity contribution in [3.05, 3.63) is 30.1 Å². The van der Waals surface area contributed by atoms with Crippen LogP contribution in [-0.2, 0) is 4.74 Å². The van der Waals surface area contributed by atoms with Gasteiger partial charge < -0.3 is 10.5 Å². The third-order valence-electron chi connectivity index (χ3n) is 2.23. The first-order valence-corrected chi connectivity index (χ1v) is 5.67. The minimum absolute atomic E-state index is 0.359. The van der Waals surface area contributed by atoms with Gasteiger partial charge in [0.25, 0.3) is 0 Å². The first kappa shape index (κ1) is 9.96. The third-order valence-corrected chi connectivity index (χ3v) is 3.68. The van der Waals surface area contributed by atoms with Gasteiger partial charge in [-0.3, -0.25) is 4.98 Å². The molecule has 4 heteroatoms. The van der Waals surface area contributed by atoms with Crippen molar-refractivity contribution in [2.24, 2.45) is 5.73 Å². The summed E-state index contributed by atoms with van der Waals surface area (Å²) in [6, 6.07) is 4.03. The Morgan fingerprint density at radius 1 is 1.64 bits per heavy atom. The molecule has 1 aliphatic heterocycles. The van der Waals surface area contributed by atoms with Crippen LogP contribution in [-0.4, -0.2) is 30.0 Å². The van der Waals surface area contributed by atoms with Crippen LogP contribution in [0.1, 0.15) is 10.8 Å². The Morgan fingerprint density at radius 2 is 2.50 bits per heavy atom. The molecule has 1 saturated heterocycles. The SMILES string of the molecule is NCC(SC1COC1)c1cccnc1. The summed E-state index contributed by atoms with van der Waals surface area (Å²) >= 11 is 1.89. The van der Waals surface area contributed by atoms with Gasteiger partial charge in [0.15, 0.2) is 0 Å². The van der Waals surface area contributed by atoms with Gasteiger partial charge in [-0.25, -0.2) is 0 Å². The second-order valence-corrected chi connectivity index (χ2v) is 4.81. The summed E-state index contributed by atoms with van der Waals surface area (Å²) in [6.45, 7) is 2.38. The summed E-state index contributed by atoms with van der Waals surface area (Å²) in [5.41, 5.74) is 6.96. The lowest BCUT2D eigenvalue weighted by Gasteiger charge is -2.29. The normalized spacial score (nSPS) is 18.9. The van der Waals surface area contributed by atoms with Crippen molar-refractivity contribution in [3.8, 4) is 0 Å². The number of hydrogen-bond donors (Lipinski definition) is 1. The molecule has 0 aromatic carbocycles. The van der Waals surface area contributed by atoms with Crippen LogP contribution in [0, 0.1) is 0 Å². The van der Waals surface area contributed by atoms with Crippen LogP contribution in [0.2, 0.25) is 0 Å². The minimum Gasteiger partial charge on any atom is -0.379 e. The molecule has 2 N–H and O–H groups in total. The molecule has 0 saturated carbocycles.